The molecule has 21 heavy (non-hydrogen) atoms. The van der Waals surface area contributed by atoms with Crippen LogP contribution in [0.1, 0.15) is 11.1 Å². The van der Waals surface area contributed by atoms with Gasteiger partial charge in [-0.15, -0.1) is 0 Å². The fourth-order valence-corrected chi connectivity index (χ4v) is 1.93. The zero-order valence-corrected chi connectivity index (χ0v) is 11.3. The summed E-state index contributed by atoms with van der Waals surface area (Å²) in [6.45, 7) is 1.61. The Morgan fingerprint density at radius 2 is 2.00 bits per heavy atom. The maximum atomic E-state index is 10.9. The molecule has 2 aromatic carbocycles. The van der Waals surface area contributed by atoms with Crippen molar-refractivity contribution in [3.63, 3.8) is 0 Å². The third kappa shape index (κ3) is 3.56. The normalized spacial score (nSPS) is 10.1. The van der Waals surface area contributed by atoms with E-state index < -0.39 is 10.9 Å². The van der Waals surface area contributed by atoms with Crippen LogP contribution in [0.5, 0.6) is 11.5 Å². The average Bonchev–Trinajstić information content (AvgIpc) is 2.40. The maximum Gasteiger partial charge on any atom is 0.307 e. The van der Waals surface area contributed by atoms with E-state index in [1.807, 2.05) is 0 Å². The van der Waals surface area contributed by atoms with Crippen LogP contribution in [-0.4, -0.2) is 16.0 Å². The van der Waals surface area contributed by atoms with Crippen molar-refractivity contribution in [3.05, 3.63) is 63.7 Å². The number of aliphatic carboxylic acids is 1. The van der Waals surface area contributed by atoms with Crippen molar-refractivity contribution in [1.82, 2.24) is 0 Å². The molecule has 0 amide bonds. The van der Waals surface area contributed by atoms with E-state index >= 15 is 0 Å². The number of rotatable bonds is 5. The second kappa shape index (κ2) is 6.04. The van der Waals surface area contributed by atoms with Crippen molar-refractivity contribution in [2.24, 2.45) is 0 Å². The molecule has 6 heteroatoms. The van der Waals surface area contributed by atoms with Gasteiger partial charge in [0.1, 0.15) is 11.5 Å². The molecule has 1 N–H and O–H groups in total. The Bertz CT molecular complexity index is 696. The number of hydrogen-bond donors (Lipinski definition) is 1. The van der Waals surface area contributed by atoms with Gasteiger partial charge in [0, 0.05) is 6.07 Å². The van der Waals surface area contributed by atoms with Crippen molar-refractivity contribution >= 4 is 11.7 Å². The number of carboxylic acids is 1. The van der Waals surface area contributed by atoms with E-state index in [0.717, 1.165) is 0 Å². The minimum Gasteiger partial charge on any atom is -0.481 e. The number of ether oxygens (including phenoxy) is 1. The van der Waals surface area contributed by atoms with E-state index in [9.17, 15) is 14.9 Å². The summed E-state index contributed by atoms with van der Waals surface area (Å²) >= 11 is 0. The molecule has 0 aliphatic rings. The van der Waals surface area contributed by atoms with Gasteiger partial charge in [0.15, 0.2) is 0 Å². The van der Waals surface area contributed by atoms with Crippen LogP contribution in [0.4, 0.5) is 5.69 Å². The van der Waals surface area contributed by atoms with Gasteiger partial charge in [-0.3, -0.25) is 14.9 Å². The van der Waals surface area contributed by atoms with Crippen LogP contribution >= 0.6 is 0 Å². The fourth-order valence-electron chi connectivity index (χ4n) is 1.93. The molecule has 2 aromatic rings. The standard InChI is InChI=1S/C15H13NO5/c1-10-13(16(19)20)6-3-7-14(10)21-12-5-2-4-11(8-12)9-15(17)18/h2-8H,9H2,1H3,(H,17,18). The van der Waals surface area contributed by atoms with Crippen LogP contribution in [0, 0.1) is 17.0 Å². The molecule has 0 aliphatic heterocycles. The summed E-state index contributed by atoms with van der Waals surface area (Å²) in [6, 6.07) is 11.2. The quantitative estimate of drug-likeness (QED) is 0.673. The average molecular weight is 287 g/mol. The van der Waals surface area contributed by atoms with Gasteiger partial charge in [-0.2, -0.15) is 0 Å². The summed E-state index contributed by atoms with van der Waals surface area (Å²) < 4.78 is 5.62. The second-order valence-electron chi connectivity index (χ2n) is 4.48. The smallest absolute Gasteiger partial charge is 0.307 e. The van der Waals surface area contributed by atoms with Gasteiger partial charge in [-0.25, -0.2) is 0 Å². The first-order valence-electron chi connectivity index (χ1n) is 6.20. The Kier molecular flexibility index (Phi) is 4.18. The van der Waals surface area contributed by atoms with Crippen molar-refractivity contribution in [2.75, 3.05) is 0 Å². The minimum atomic E-state index is -0.932. The van der Waals surface area contributed by atoms with Crippen molar-refractivity contribution in [2.45, 2.75) is 13.3 Å². The number of nitrogens with zero attached hydrogens (tertiary/aromatic N) is 1. The van der Waals surface area contributed by atoms with Gasteiger partial charge in [0.2, 0.25) is 0 Å². The van der Waals surface area contributed by atoms with Crippen LogP contribution in [0.2, 0.25) is 0 Å². The van der Waals surface area contributed by atoms with E-state index in [1.54, 1.807) is 43.3 Å². The van der Waals surface area contributed by atoms with Crippen molar-refractivity contribution in [3.8, 4) is 11.5 Å². The molecule has 108 valence electrons. The third-order valence-electron chi connectivity index (χ3n) is 2.93. The summed E-state index contributed by atoms with van der Waals surface area (Å²) in [5.41, 5.74) is 1.00. The SMILES string of the molecule is Cc1c(Oc2cccc(CC(=O)O)c2)cccc1[N+](=O)[O-]. The third-order valence-corrected chi connectivity index (χ3v) is 2.93. The molecule has 2 rings (SSSR count). The van der Waals surface area contributed by atoms with Gasteiger partial charge in [-0.1, -0.05) is 18.2 Å². The van der Waals surface area contributed by atoms with Crippen LogP contribution in [-0.2, 0) is 11.2 Å². The first kappa shape index (κ1) is 14.5. The summed E-state index contributed by atoms with van der Waals surface area (Å²) in [5, 5.41) is 19.7. The Hall–Kier alpha value is -2.89. The molecule has 0 saturated heterocycles. The van der Waals surface area contributed by atoms with E-state index in [4.69, 9.17) is 9.84 Å². The van der Waals surface area contributed by atoms with Gasteiger partial charge >= 0.3 is 5.97 Å². The number of nitro groups is 1. The largest absolute Gasteiger partial charge is 0.481 e. The van der Waals surface area contributed by atoms with E-state index in [-0.39, 0.29) is 12.1 Å². The zero-order valence-electron chi connectivity index (χ0n) is 11.3. The molecule has 0 aromatic heterocycles. The highest BCUT2D eigenvalue weighted by Gasteiger charge is 2.14. The first-order valence-corrected chi connectivity index (χ1v) is 6.20. The lowest BCUT2D eigenvalue weighted by Crippen LogP contribution is -2.00. The lowest BCUT2D eigenvalue weighted by molar-refractivity contribution is -0.385. The summed E-state index contributed by atoms with van der Waals surface area (Å²) in [4.78, 5) is 21.1. The Labute approximate surface area is 120 Å². The fraction of sp³-hybridized carbons (Fsp3) is 0.133. The molecular formula is C15H13NO5. The van der Waals surface area contributed by atoms with Crippen LogP contribution in [0.25, 0.3) is 0 Å². The Morgan fingerprint density at radius 1 is 1.29 bits per heavy atom. The molecule has 6 nitrogen and oxygen atoms in total. The Morgan fingerprint density at radius 3 is 2.67 bits per heavy atom. The molecule has 0 spiro atoms. The van der Waals surface area contributed by atoms with Gasteiger partial charge < -0.3 is 9.84 Å². The van der Waals surface area contributed by atoms with Gasteiger partial charge in [-0.05, 0) is 30.7 Å². The first-order chi connectivity index (χ1) is 9.97. The predicted octanol–water partition coefficient (Wildman–Crippen LogP) is 3.32. The molecule has 0 bridgehead atoms. The maximum absolute atomic E-state index is 10.9. The van der Waals surface area contributed by atoms with E-state index in [1.165, 1.54) is 6.07 Å². The molecule has 0 heterocycles. The molecule has 0 radical (unpaired) electrons. The van der Waals surface area contributed by atoms with E-state index in [2.05, 4.69) is 0 Å². The van der Waals surface area contributed by atoms with Crippen LogP contribution in [0.3, 0.4) is 0 Å². The highest BCUT2D eigenvalue weighted by Crippen LogP contribution is 2.31. The highest BCUT2D eigenvalue weighted by molar-refractivity contribution is 5.70. The molecule has 0 aliphatic carbocycles. The van der Waals surface area contributed by atoms with Crippen LogP contribution < -0.4 is 4.74 Å². The molecule has 0 fully saturated rings. The molecule has 0 unspecified atom stereocenters. The molecule has 0 atom stereocenters. The predicted molar refractivity (Wildman–Crippen MR) is 75.7 cm³/mol. The summed E-state index contributed by atoms with van der Waals surface area (Å²) in [5.74, 6) is -0.118. The number of benzene rings is 2. The monoisotopic (exact) mass is 287 g/mol. The second-order valence-corrected chi connectivity index (χ2v) is 4.48. The van der Waals surface area contributed by atoms with Gasteiger partial charge in [0.05, 0.1) is 16.9 Å². The summed E-state index contributed by atoms with van der Waals surface area (Å²) in [6.07, 6.45) is -0.106. The van der Waals surface area contributed by atoms with Crippen molar-refractivity contribution < 1.29 is 19.6 Å². The van der Waals surface area contributed by atoms with Crippen LogP contribution in [0.15, 0.2) is 42.5 Å². The lowest BCUT2D eigenvalue weighted by atomic mass is 10.1. The number of nitro benzene ring substituents is 1. The highest BCUT2D eigenvalue weighted by atomic mass is 16.6. The lowest BCUT2D eigenvalue weighted by Gasteiger charge is -2.09. The topological polar surface area (TPSA) is 89.7 Å². The molecule has 0 saturated carbocycles. The number of hydrogen-bond acceptors (Lipinski definition) is 4. The van der Waals surface area contributed by atoms with Crippen molar-refractivity contribution in [1.29, 1.82) is 0 Å². The Balaban J connectivity index is 2.28. The van der Waals surface area contributed by atoms with E-state index in [0.29, 0.717) is 22.6 Å². The number of carbonyl (C=O) groups is 1. The van der Waals surface area contributed by atoms with Gasteiger partial charge in [0.25, 0.3) is 5.69 Å². The number of carboxylic acid groups (broad SMARTS) is 1. The zero-order chi connectivity index (χ0) is 15.4. The summed E-state index contributed by atoms with van der Waals surface area (Å²) in [7, 11) is 0. The molecular weight excluding hydrogens is 274 g/mol. The minimum absolute atomic E-state index is 0.0193.